The van der Waals surface area contributed by atoms with E-state index in [0.717, 1.165) is 9.99 Å². The summed E-state index contributed by atoms with van der Waals surface area (Å²) in [5.74, 6) is -0.0939. The van der Waals surface area contributed by atoms with Crippen molar-refractivity contribution in [2.45, 2.75) is 0 Å². The summed E-state index contributed by atoms with van der Waals surface area (Å²) in [6.07, 6.45) is 3.78. The molecule has 3 aromatic rings. The molecule has 1 saturated heterocycles. The van der Waals surface area contributed by atoms with Crippen LogP contribution in [0, 0.1) is 0 Å². The summed E-state index contributed by atoms with van der Waals surface area (Å²) in [6, 6.07) is 5.82. The van der Waals surface area contributed by atoms with E-state index >= 15 is 0 Å². The molecule has 140 valence electrons. The first-order chi connectivity index (χ1) is 13.1. The van der Waals surface area contributed by atoms with Crippen molar-refractivity contribution >= 4 is 49.7 Å². The Morgan fingerprint density at radius 3 is 2.74 bits per heavy atom. The summed E-state index contributed by atoms with van der Waals surface area (Å²) < 4.78 is 2.90. The molecule has 0 radical (unpaired) electrons. The lowest BCUT2D eigenvalue weighted by Gasteiger charge is -2.34. The summed E-state index contributed by atoms with van der Waals surface area (Å²) in [6.45, 7) is 2.80. The Morgan fingerprint density at radius 2 is 2.00 bits per heavy atom. The molecule has 1 aliphatic heterocycles. The molecule has 0 saturated carbocycles. The van der Waals surface area contributed by atoms with Gasteiger partial charge in [-0.1, -0.05) is 11.3 Å². The van der Waals surface area contributed by atoms with Crippen LogP contribution >= 0.6 is 27.3 Å². The van der Waals surface area contributed by atoms with Crippen molar-refractivity contribution in [2.75, 3.05) is 38.0 Å². The average molecular weight is 449 g/mol. The molecule has 10 heteroatoms. The van der Waals surface area contributed by atoms with Crippen molar-refractivity contribution in [3.05, 3.63) is 46.1 Å². The number of aromatic nitrogens is 3. The Morgan fingerprint density at radius 1 is 1.19 bits per heavy atom. The summed E-state index contributed by atoms with van der Waals surface area (Å²) in [7, 11) is 0. The van der Waals surface area contributed by atoms with E-state index in [-0.39, 0.29) is 18.4 Å². The molecule has 1 N–H and O–H groups in total. The predicted octanol–water partition coefficient (Wildman–Crippen LogP) is 1.95. The molecule has 0 unspecified atom stereocenters. The lowest BCUT2D eigenvalue weighted by atomic mass is 10.2. The summed E-state index contributed by atoms with van der Waals surface area (Å²) in [5, 5.41) is 10.7. The fourth-order valence-corrected chi connectivity index (χ4v) is 3.89. The van der Waals surface area contributed by atoms with Gasteiger partial charge in [-0.25, -0.2) is 0 Å². The number of pyridine rings is 1. The van der Waals surface area contributed by atoms with Gasteiger partial charge in [-0.05, 0) is 34.1 Å². The van der Waals surface area contributed by atoms with E-state index in [4.69, 9.17) is 0 Å². The first-order valence-electron chi connectivity index (χ1n) is 8.43. The Kier molecular flexibility index (Phi) is 5.19. The molecule has 1 fully saturated rings. The van der Waals surface area contributed by atoms with Crippen molar-refractivity contribution in [1.29, 1.82) is 0 Å². The molecule has 0 atom stereocenters. The van der Waals surface area contributed by atoms with Gasteiger partial charge in [-0.15, -0.1) is 10.2 Å². The minimum absolute atomic E-state index is 0.0211. The van der Waals surface area contributed by atoms with Crippen LogP contribution in [-0.2, 0) is 4.79 Å². The van der Waals surface area contributed by atoms with E-state index < -0.39 is 0 Å². The number of hydrogen-bond acceptors (Lipinski definition) is 6. The number of hydrogen-bond donors (Lipinski definition) is 1. The lowest BCUT2D eigenvalue weighted by Crippen LogP contribution is -2.50. The number of rotatable bonds is 4. The SMILES string of the molecule is O=C(CN1CCN(C(=O)c2cc3ccc(Br)cn3c2)CC1)Nc1nncs1. The fraction of sp³-hybridized carbons (Fsp3) is 0.294. The summed E-state index contributed by atoms with van der Waals surface area (Å²) >= 11 is 4.73. The Bertz CT molecular complexity index is 965. The number of anilines is 1. The molecular weight excluding hydrogens is 432 g/mol. The highest BCUT2D eigenvalue weighted by molar-refractivity contribution is 9.10. The molecule has 2 amide bonds. The van der Waals surface area contributed by atoms with Gasteiger partial charge in [0.25, 0.3) is 5.91 Å². The van der Waals surface area contributed by atoms with Gasteiger partial charge in [0.05, 0.1) is 12.1 Å². The maximum atomic E-state index is 12.8. The van der Waals surface area contributed by atoms with E-state index in [0.29, 0.717) is 36.9 Å². The number of nitrogens with one attached hydrogen (secondary N) is 1. The second kappa shape index (κ2) is 7.75. The number of nitrogens with zero attached hydrogens (tertiary/aromatic N) is 5. The number of halogens is 1. The van der Waals surface area contributed by atoms with Gasteiger partial charge in [-0.2, -0.15) is 0 Å². The Balaban J connectivity index is 1.32. The first-order valence-corrected chi connectivity index (χ1v) is 10.1. The molecule has 0 spiro atoms. The molecule has 27 heavy (non-hydrogen) atoms. The maximum Gasteiger partial charge on any atom is 0.255 e. The van der Waals surface area contributed by atoms with Gasteiger partial charge >= 0.3 is 0 Å². The standard InChI is InChI=1S/C17H17BrN6O2S/c18-13-1-2-14-7-12(8-24(14)9-13)16(26)23-5-3-22(4-6-23)10-15(25)20-17-21-19-11-27-17/h1-2,7-9,11H,3-6,10H2,(H,20,21,25). The number of carbonyl (C=O) groups excluding carboxylic acids is 2. The zero-order chi connectivity index (χ0) is 18.8. The summed E-state index contributed by atoms with van der Waals surface area (Å²) in [5.41, 5.74) is 3.23. The van der Waals surface area contributed by atoms with Crippen LogP contribution in [0.3, 0.4) is 0 Å². The van der Waals surface area contributed by atoms with E-state index in [2.05, 4.69) is 31.4 Å². The minimum atomic E-state index is -0.115. The second-order valence-corrected chi connectivity index (χ2v) is 8.02. The highest BCUT2D eigenvalue weighted by Gasteiger charge is 2.24. The van der Waals surface area contributed by atoms with E-state index in [1.807, 2.05) is 44.8 Å². The van der Waals surface area contributed by atoms with Crippen LogP contribution in [0.5, 0.6) is 0 Å². The van der Waals surface area contributed by atoms with Crippen molar-refractivity contribution < 1.29 is 9.59 Å². The van der Waals surface area contributed by atoms with E-state index in [1.54, 1.807) is 5.51 Å². The summed E-state index contributed by atoms with van der Waals surface area (Å²) in [4.78, 5) is 28.7. The van der Waals surface area contributed by atoms with Crippen LogP contribution in [0.15, 0.2) is 40.6 Å². The minimum Gasteiger partial charge on any atom is -0.336 e. The quantitative estimate of drug-likeness (QED) is 0.659. The predicted molar refractivity (Wildman–Crippen MR) is 106 cm³/mol. The number of piperazine rings is 1. The highest BCUT2D eigenvalue weighted by Crippen LogP contribution is 2.17. The molecule has 1 aliphatic rings. The molecule has 8 nitrogen and oxygen atoms in total. The molecule has 3 aromatic heterocycles. The van der Waals surface area contributed by atoms with Crippen molar-refractivity contribution in [1.82, 2.24) is 24.4 Å². The second-order valence-electron chi connectivity index (χ2n) is 6.27. The normalized spacial score (nSPS) is 15.2. The van der Waals surface area contributed by atoms with Crippen LogP contribution in [0.4, 0.5) is 5.13 Å². The van der Waals surface area contributed by atoms with Crippen LogP contribution in [0.25, 0.3) is 5.52 Å². The Labute approximate surface area is 167 Å². The molecule has 4 rings (SSSR count). The van der Waals surface area contributed by atoms with Gasteiger partial charge in [0.1, 0.15) is 5.51 Å². The zero-order valence-corrected chi connectivity index (χ0v) is 16.7. The number of carbonyl (C=O) groups is 2. The lowest BCUT2D eigenvalue weighted by molar-refractivity contribution is -0.117. The van der Waals surface area contributed by atoms with E-state index in [9.17, 15) is 9.59 Å². The molecule has 0 bridgehead atoms. The molecule has 0 aromatic carbocycles. The van der Waals surface area contributed by atoms with Crippen LogP contribution in [0.2, 0.25) is 0 Å². The molecule has 0 aliphatic carbocycles. The smallest absolute Gasteiger partial charge is 0.255 e. The van der Waals surface area contributed by atoms with Gasteiger partial charge in [-0.3, -0.25) is 19.8 Å². The first kappa shape index (κ1) is 18.1. The van der Waals surface area contributed by atoms with Gasteiger partial charge in [0.2, 0.25) is 11.0 Å². The van der Waals surface area contributed by atoms with Gasteiger partial charge in [0.15, 0.2) is 0 Å². The largest absolute Gasteiger partial charge is 0.336 e. The third kappa shape index (κ3) is 4.18. The highest BCUT2D eigenvalue weighted by atomic mass is 79.9. The number of fused-ring (bicyclic) bond motifs is 1. The maximum absolute atomic E-state index is 12.8. The van der Waals surface area contributed by atoms with Crippen LogP contribution in [0.1, 0.15) is 10.4 Å². The van der Waals surface area contributed by atoms with Crippen LogP contribution < -0.4 is 5.32 Å². The van der Waals surface area contributed by atoms with Crippen LogP contribution in [-0.4, -0.2) is 68.9 Å². The van der Waals surface area contributed by atoms with Gasteiger partial charge < -0.3 is 9.30 Å². The van der Waals surface area contributed by atoms with Gasteiger partial charge in [0, 0.05) is 48.6 Å². The topological polar surface area (TPSA) is 82.8 Å². The van der Waals surface area contributed by atoms with E-state index in [1.165, 1.54) is 11.3 Å². The molecule has 4 heterocycles. The fourth-order valence-electron chi connectivity index (χ4n) is 3.08. The zero-order valence-electron chi connectivity index (χ0n) is 14.3. The Hall–Kier alpha value is -2.30. The average Bonchev–Trinajstić information content (AvgIpc) is 3.30. The third-order valence-corrected chi connectivity index (χ3v) is 5.51. The van der Waals surface area contributed by atoms with Crippen molar-refractivity contribution in [3.8, 4) is 0 Å². The van der Waals surface area contributed by atoms with Crippen molar-refractivity contribution in [2.24, 2.45) is 0 Å². The number of amides is 2. The van der Waals surface area contributed by atoms with Crippen molar-refractivity contribution in [3.63, 3.8) is 0 Å². The monoisotopic (exact) mass is 448 g/mol. The third-order valence-electron chi connectivity index (χ3n) is 4.44. The molecular formula is C17H17BrN6O2S.